The minimum atomic E-state index is 0.00380. The summed E-state index contributed by atoms with van der Waals surface area (Å²) in [5, 5.41) is 0. The summed E-state index contributed by atoms with van der Waals surface area (Å²) >= 11 is 0. The number of fused-ring (bicyclic) bond motifs is 1. The number of likely N-dealkylation sites (N-methyl/N-ethyl adjacent to an activating group) is 1. The summed E-state index contributed by atoms with van der Waals surface area (Å²) in [4.78, 5) is 21.1. The number of ether oxygens (including phenoxy) is 2. The highest BCUT2D eigenvalue weighted by Crippen LogP contribution is 2.33. The van der Waals surface area contributed by atoms with E-state index in [1.54, 1.807) is 25.6 Å². The van der Waals surface area contributed by atoms with Crippen molar-refractivity contribution in [3.05, 3.63) is 24.0 Å². The second-order valence-electron chi connectivity index (χ2n) is 6.11. The predicted octanol–water partition coefficient (Wildman–Crippen LogP) is 1.02. The molecule has 0 spiro atoms. The van der Waals surface area contributed by atoms with Gasteiger partial charge < -0.3 is 19.3 Å². The number of nitrogens with zero attached hydrogens (tertiary/aromatic N) is 3. The van der Waals surface area contributed by atoms with Gasteiger partial charge in [-0.25, -0.2) is 0 Å². The first-order valence-electron chi connectivity index (χ1n) is 7.70. The molecular formula is C16H23N3O3. The number of methoxy groups -OCH3 is 1. The number of pyridine rings is 1. The Labute approximate surface area is 131 Å². The number of amides is 1. The van der Waals surface area contributed by atoms with E-state index < -0.39 is 0 Å². The van der Waals surface area contributed by atoms with Crippen LogP contribution in [0.5, 0.6) is 5.75 Å². The maximum Gasteiger partial charge on any atom is 0.258 e. The van der Waals surface area contributed by atoms with Crippen LogP contribution in [0.2, 0.25) is 0 Å². The molecule has 0 radical (unpaired) electrons. The summed E-state index contributed by atoms with van der Waals surface area (Å²) in [6.45, 7) is 1.47. The van der Waals surface area contributed by atoms with Crippen LogP contribution in [0.15, 0.2) is 18.5 Å². The Morgan fingerprint density at radius 1 is 1.50 bits per heavy atom. The topological polar surface area (TPSA) is 54.9 Å². The van der Waals surface area contributed by atoms with Crippen molar-refractivity contribution in [1.82, 2.24) is 14.8 Å². The number of likely N-dealkylation sites (tertiary alicyclic amines) is 1. The second kappa shape index (κ2) is 6.22. The fourth-order valence-corrected chi connectivity index (χ4v) is 3.49. The first kappa shape index (κ1) is 15.2. The molecule has 0 bridgehead atoms. The SMILES string of the molecule is COc1cnccc1C(=O)N1C[C@@H](N(C)C)[C@H]2OCCC[C@H]21. The Morgan fingerprint density at radius 3 is 3.05 bits per heavy atom. The average molecular weight is 305 g/mol. The van der Waals surface area contributed by atoms with Gasteiger partial charge in [0, 0.05) is 19.3 Å². The van der Waals surface area contributed by atoms with Gasteiger partial charge in [-0.3, -0.25) is 9.78 Å². The number of carbonyl (C=O) groups is 1. The summed E-state index contributed by atoms with van der Waals surface area (Å²) < 4.78 is 11.3. The third-order valence-electron chi connectivity index (χ3n) is 4.66. The summed E-state index contributed by atoms with van der Waals surface area (Å²) in [5.74, 6) is 0.526. The molecule has 3 heterocycles. The van der Waals surface area contributed by atoms with E-state index in [-0.39, 0.29) is 24.1 Å². The van der Waals surface area contributed by atoms with Crippen LogP contribution in [0.25, 0.3) is 0 Å². The molecule has 6 nitrogen and oxygen atoms in total. The molecule has 0 unspecified atom stereocenters. The van der Waals surface area contributed by atoms with Gasteiger partial charge >= 0.3 is 0 Å². The monoisotopic (exact) mass is 305 g/mol. The Kier molecular flexibility index (Phi) is 4.31. The van der Waals surface area contributed by atoms with E-state index in [1.165, 1.54) is 0 Å². The number of aromatic nitrogens is 1. The van der Waals surface area contributed by atoms with Crippen LogP contribution in [0, 0.1) is 0 Å². The second-order valence-corrected chi connectivity index (χ2v) is 6.11. The molecule has 120 valence electrons. The molecule has 22 heavy (non-hydrogen) atoms. The maximum absolute atomic E-state index is 13.0. The van der Waals surface area contributed by atoms with E-state index >= 15 is 0 Å². The molecule has 0 aromatic carbocycles. The molecule has 2 aliphatic rings. The molecule has 1 amide bonds. The van der Waals surface area contributed by atoms with Crippen molar-refractivity contribution in [3.63, 3.8) is 0 Å². The number of carbonyl (C=O) groups excluding carboxylic acids is 1. The van der Waals surface area contributed by atoms with Crippen LogP contribution < -0.4 is 4.74 Å². The number of hydrogen-bond donors (Lipinski definition) is 0. The molecule has 1 aromatic heterocycles. The van der Waals surface area contributed by atoms with Crippen molar-refractivity contribution in [1.29, 1.82) is 0 Å². The predicted molar refractivity (Wildman–Crippen MR) is 82.1 cm³/mol. The van der Waals surface area contributed by atoms with Gasteiger partial charge in [-0.1, -0.05) is 0 Å². The molecule has 0 saturated carbocycles. The zero-order chi connectivity index (χ0) is 15.7. The number of hydrogen-bond acceptors (Lipinski definition) is 5. The molecule has 2 saturated heterocycles. The van der Waals surface area contributed by atoms with E-state index in [0.29, 0.717) is 17.9 Å². The van der Waals surface area contributed by atoms with Crippen molar-refractivity contribution >= 4 is 5.91 Å². The summed E-state index contributed by atoms with van der Waals surface area (Å²) in [7, 11) is 5.65. The lowest BCUT2D eigenvalue weighted by Gasteiger charge is -2.33. The van der Waals surface area contributed by atoms with Crippen LogP contribution >= 0.6 is 0 Å². The minimum absolute atomic E-state index is 0.00380. The molecule has 0 N–H and O–H groups in total. The van der Waals surface area contributed by atoms with Crippen LogP contribution in [0.4, 0.5) is 0 Å². The Hall–Kier alpha value is -1.66. The van der Waals surface area contributed by atoms with Gasteiger partial charge in [0.15, 0.2) is 0 Å². The zero-order valence-electron chi connectivity index (χ0n) is 13.4. The highest BCUT2D eigenvalue weighted by atomic mass is 16.5. The Bertz CT molecular complexity index is 549. The lowest BCUT2D eigenvalue weighted by molar-refractivity contribution is -0.0312. The van der Waals surface area contributed by atoms with E-state index in [9.17, 15) is 4.79 Å². The molecule has 6 heteroatoms. The standard InChI is InChI=1S/C16H23N3O3/c1-18(2)13-10-19(12-5-4-8-22-15(12)13)16(20)11-6-7-17-9-14(11)21-3/h6-7,9,12-13,15H,4-5,8,10H2,1-3H3/t12-,13-,15+/m1/s1. The molecule has 2 fully saturated rings. The van der Waals surface area contributed by atoms with Crippen molar-refractivity contribution in [2.75, 3.05) is 34.4 Å². The molecule has 3 rings (SSSR count). The van der Waals surface area contributed by atoms with Crippen LogP contribution in [-0.4, -0.2) is 73.2 Å². The van der Waals surface area contributed by atoms with Gasteiger partial charge in [-0.2, -0.15) is 0 Å². The van der Waals surface area contributed by atoms with Crippen LogP contribution in [0.1, 0.15) is 23.2 Å². The lowest BCUT2D eigenvalue weighted by atomic mass is 10.0. The van der Waals surface area contributed by atoms with E-state index in [2.05, 4.69) is 9.88 Å². The average Bonchev–Trinajstić information content (AvgIpc) is 2.94. The van der Waals surface area contributed by atoms with E-state index in [4.69, 9.17) is 9.47 Å². The third-order valence-corrected chi connectivity index (χ3v) is 4.66. The number of rotatable bonds is 3. The van der Waals surface area contributed by atoms with Gasteiger partial charge in [0.05, 0.1) is 37.1 Å². The molecule has 0 aliphatic carbocycles. The van der Waals surface area contributed by atoms with E-state index in [0.717, 1.165) is 19.4 Å². The molecule has 1 aromatic rings. The quantitative estimate of drug-likeness (QED) is 0.835. The largest absolute Gasteiger partial charge is 0.494 e. The molecule has 3 atom stereocenters. The summed E-state index contributed by atoms with van der Waals surface area (Å²) in [5.41, 5.74) is 0.571. The van der Waals surface area contributed by atoms with Crippen molar-refractivity contribution in [2.45, 2.75) is 31.0 Å². The van der Waals surface area contributed by atoms with Gasteiger partial charge in [-0.15, -0.1) is 0 Å². The van der Waals surface area contributed by atoms with Gasteiger partial charge in [-0.05, 0) is 33.0 Å². The summed E-state index contributed by atoms with van der Waals surface area (Å²) in [6, 6.07) is 2.11. The van der Waals surface area contributed by atoms with Gasteiger partial charge in [0.2, 0.25) is 0 Å². The highest BCUT2D eigenvalue weighted by Gasteiger charge is 2.47. The normalized spacial score (nSPS) is 27.8. The smallest absolute Gasteiger partial charge is 0.258 e. The van der Waals surface area contributed by atoms with Crippen LogP contribution in [0.3, 0.4) is 0 Å². The van der Waals surface area contributed by atoms with Crippen molar-refractivity contribution in [3.8, 4) is 5.75 Å². The fraction of sp³-hybridized carbons (Fsp3) is 0.625. The molecular weight excluding hydrogens is 282 g/mol. The summed E-state index contributed by atoms with van der Waals surface area (Å²) in [6.07, 6.45) is 5.30. The van der Waals surface area contributed by atoms with Crippen molar-refractivity contribution in [2.24, 2.45) is 0 Å². The maximum atomic E-state index is 13.0. The third kappa shape index (κ3) is 2.57. The van der Waals surface area contributed by atoms with Crippen molar-refractivity contribution < 1.29 is 14.3 Å². The Balaban J connectivity index is 1.88. The van der Waals surface area contributed by atoms with Gasteiger partial charge in [0.25, 0.3) is 5.91 Å². The highest BCUT2D eigenvalue weighted by molar-refractivity contribution is 5.97. The lowest BCUT2D eigenvalue weighted by Crippen LogP contribution is -2.45. The molecule has 2 aliphatic heterocycles. The zero-order valence-corrected chi connectivity index (χ0v) is 13.4. The first-order valence-corrected chi connectivity index (χ1v) is 7.70. The van der Waals surface area contributed by atoms with E-state index in [1.807, 2.05) is 19.0 Å². The first-order chi connectivity index (χ1) is 10.6. The van der Waals surface area contributed by atoms with Gasteiger partial charge in [0.1, 0.15) is 5.75 Å². The minimum Gasteiger partial charge on any atom is -0.494 e. The Morgan fingerprint density at radius 2 is 2.32 bits per heavy atom. The van der Waals surface area contributed by atoms with Crippen LogP contribution in [-0.2, 0) is 4.74 Å². The fourth-order valence-electron chi connectivity index (χ4n) is 3.49.